The van der Waals surface area contributed by atoms with E-state index in [1.165, 1.54) is 11.8 Å². The molecular formula is C28H30O7S. The van der Waals surface area contributed by atoms with Crippen molar-refractivity contribution in [3.05, 3.63) is 102 Å². The molecular weight excluding hydrogens is 480 g/mol. The van der Waals surface area contributed by atoms with Crippen molar-refractivity contribution in [2.24, 2.45) is 0 Å². The van der Waals surface area contributed by atoms with Crippen LogP contribution in [0, 0.1) is 6.92 Å². The third kappa shape index (κ3) is 7.32. The fourth-order valence-corrected chi connectivity index (χ4v) is 4.85. The molecule has 0 aromatic heterocycles. The highest BCUT2D eigenvalue weighted by Gasteiger charge is 2.47. The van der Waals surface area contributed by atoms with Crippen molar-refractivity contribution < 1.29 is 34.0 Å². The number of aryl methyl sites for hydroxylation is 1. The first-order chi connectivity index (χ1) is 17.5. The largest absolute Gasteiger partial charge is 0.509 e. The van der Waals surface area contributed by atoms with Crippen molar-refractivity contribution in [1.82, 2.24) is 0 Å². The number of aliphatic hydroxyl groups excluding tert-OH is 2. The van der Waals surface area contributed by atoms with Crippen LogP contribution >= 0.6 is 11.8 Å². The molecule has 7 nitrogen and oxygen atoms in total. The van der Waals surface area contributed by atoms with E-state index in [4.69, 9.17) is 18.9 Å². The van der Waals surface area contributed by atoms with Crippen molar-refractivity contribution in [3.8, 4) is 0 Å². The second-order valence-electron chi connectivity index (χ2n) is 8.56. The summed E-state index contributed by atoms with van der Waals surface area (Å²) < 4.78 is 22.6. The Morgan fingerprint density at radius 3 is 2.11 bits per heavy atom. The summed E-state index contributed by atoms with van der Waals surface area (Å²) in [5, 5.41) is 21.7. The monoisotopic (exact) mass is 510 g/mol. The van der Waals surface area contributed by atoms with Gasteiger partial charge in [0.05, 0.1) is 13.2 Å². The summed E-state index contributed by atoms with van der Waals surface area (Å²) in [5.41, 5.74) is 2.09. The van der Waals surface area contributed by atoms with Gasteiger partial charge in [0, 0.05) is 4.90 Å². The lowest BCUT2D eigenvalue weighted by Gasteiger charge is -2.41. The molecule has 0 bridgehead atoms. The lowest BCUT2D eigenvalue weighted by atomic mass is 10.0. The summed E-state index contributed by atoms with van der Waals surface area (Å²) >= 11 is 1.30. The maximum absolute atomic E-state index is 12.5. The second-order valence-corrected chi connectivity index (χ2v) is 9.73. The highest BCUT2D eigenvalue weighted by Crippen LogP contribution is 2.35. The molecule has 0 unspecified atom stereocenters. The quantitative estimate of drug-likeness (QED) is 0.407. The molecule has 3 aromatic carbocycles. The summed E-state index contributed by atoms with van der Waals surface area (Å²) in [5.74, 6) is 0. The molecule has 1 aliphatic rings. The Labute approximate surface area is 215 Å². The predicted octanol–water partition coefficient (Wildman–Crippen LogP) is 4.47. The summed E-state index contributed by atoms with van der Waals surface area (Å²) in [6.45, 7) is 2.41. The van der Waals surface area contributed by atoms with E-state index in [9.17, 15) is 15.0 Å². The van der Waals surface area contributed by atoms with Gasteiger partial charge in [0.1, 0.15) is 30.4 Å². The molecule has 190 valence electrons. The molecule has 0 saturated carbocycles. The van der Waals surface area contributed by atoms with Crippen molar-refractivity contribution in [1.29, 1.82) is 0 Å². The molecule has 1 fully saturated rings. The first kappa shape index (κ1) is 26.2. The van der Waals surface area contributed by atoms with Crippen LogP contribution < -0.4 is 0 Å². The van der Waals surface area contributed by atoms with E-state index in [1.54, 1.807) is 0 Å². The van der Waals surface area contributed by atoms with E-state index < -0.39 is 36.0 Å². The third-order valence-corrected chi connectivity index (χ3v) is 6.90. The van der Waals surface area contributed by atoms with E-state index in [0.29, 0.717) is 6.61 Å². The molecule has 1 saturated heterocycles. The van der Waals surface area contributed by atoms with Crippen LogP contribution in [0.15, 0.2) is 89.8 Å². The summed E-state index contributed by atoms with van der Waals surface area (Å²) in [4.78, 5) is 13.3. The Morgan fingerprint density at radius 1 is 0.861 bits per heavy atom. The van der Waals surface area contributed by atoms with Gasteiger partial charge >= 0.3 is 6.16 Å². The zero-order chi connectivity index (χ0) is 25.3. The second kappa shape index (κ2) is 12.9. The summed E-state index contributed by atoms with van der Waals surface area (Å²) in [6.07, 6.45) is -5.63. The lowest BCUT2D eigenvalue weighted by Crippen LogP contribution is -2.59. The van der Waals surface area contributed by atoms with Crippen LogP contribution in [0.4, 0.5) is 4.79 Å². The van der Waals surface area contributed by atoms with Gasteiger partial charge in [-0.15, -0.1) is 0 Å². The number of hydrogen-bond donors (Lipinski definition) is 2. The predicted molar refractivity (Wildman–Crippen MR) is 135 cm³/mol. The molecule has 0 spiro atoms. The molecule has 1 aliphatic heterocycles. The van der Waals surface area contributed by atoms with Crippen molar-refractivity contribution in [3.63, 3.8) is 0 Å². The number of benzene rings is 3. The van der Waals surface area contributed by atoms with Crippen molar-refractivity contribution in [2.75, 3.05) is 6.61 Å². The number of aliphatic hydroxyl groups is 2. The van der Waals surface area contributed by atoms with E-state index in [-0.39, 0.29) is 13.2 Å². The molecule has 36 heavy (non-hydrogen) atoms. The Kier molecular flexibility index (Phi) is 9.38. The van der Waals surface area contributed by atoms with Gasteiger partial charge in [0.15, 0.2) is 6.10 Å². The summed E-state index contributed by atoms with van der Waals surface area (Å²) in [7, 11) is 0. The number of thioether (sulfide) groups is 1. The molecule has 4 rings (SSSR count). The molecule has 0 amide bonds. The Morgan fingerprint density at radius 2 is 1.47 bits per heavy atom. The number of carbonyl (C=O) groups is 1. The minimum Gasteiger partial charge on any atom is -0.429 e. The van der Waals surface area contributed by atoms with E-state index >= 15 is 0 Å². The maximum Gasteiger partial charge on any atom is 0.509 e. The topological polar surface area (TPSA) is 94.5 Å². The zero-order valence-corrected chi connectivity index (χ0v) is 20.8. The van der Waals surface area contributed by atoms with E-state index in [0.717, 1.165) is 21.6 Å². The van der Waals surface area contributed by atoms with Crippen LogP contribution in [0.3, 0.4) is 0 Å². The van der Waals surface area contributed by atoms with Gasteiger partial charge in [0.2, 0.25) is 0 Å². The SMILES string of the molecule is Cc1ccc(S[C@@H]2O[C@H](COCc3ccccc3)[C@H](O)[C@H](O)[C@H]2OC(=O)OCc2ccccc2)cc1. The average Bonchev–Trinajstić information content (AvgIpc) is 2.90. The van der Waals surface area contributed by atoms with Crippen LogP contribution in [0.25, 0.3) is 0 Å². The fraction of sp³-hybridized carbons (Fsp3) is 0.321. The van der Waals surface area contributed by atoms with Crippen LogP contribution in [-0.4, -0.2) is 52.8 Å². The van der Waals surface area contributed by atoms with Gasteiger partial charge in [-0.2, -0.15) is 0 Å². The van der Waals surface area contributed by atoms with Crippen LogP contribution in [0.5, 0.6) is 0 Å². The summed E-state index contributed by atoms with van der Waals surface area (Å²) in [6, 6.07) is 26.6. The van der Waals surface area contributed by atoms with Gasteiger partial charge in [-0.05, 0) is 30.2 Å². The van der Waals surface area contributed by atoms with Gasteiger partial charge in [-0.3, -0.25) is 0 Å². The number of hydrogen-bond acceptors (Lipinski definition) is 8. The Hall–Kier alpha value is -2.88. The van der Waals surface area contributed by atoms with Crippen LogP contribution in [0.1, 0.15) is 16.7 Å². The highest BCUT2D eigenvalue weighted by molar-refractivity contribution is 7.99. The van der Waals surface area contributed by atoms with Gasteiger partial charge < -0.3 is 29.2 Å². The van der Waals surface area contributed by atoms with Gasteiger partial charge in [-0.1, -0.05) is 90.1 Å². The minimum atomic E-state index is -1.39. The molecule has 0 radical (unpaired) electrons. The standard InChI is InChI=1S/C28H30O7S/c1-19-12-14-22(15-13-19)36-27-26(35-28(31)33-17-21-10-6-3-7-11-21)25(30)24(29)23(34-27)18-32-16-20-8-4-2-5-9-20/h2-15,23-27,29-30H,16-18H2,1H3/t23-,24+,25+,26-,27+/m1/s1. The first-order valence-corrected chi connectivity index (χ1v) is 12.6. The van der Waals surface area contributed by atoms with Gasteiger partial charge in [-0.25, -0.2) is 4.79 Å². The number of ether oxygens (including phenoxy) is 4. The van der Waals surface area contributed by atoms with Crippen LogP contribution in [-0.2, 0) is 32.2 Å². The first-order valence-electron chi connectivity index (χ1n) is 11.7. The Bertz CT molecular complexity index is 1080. The van der Waals surface area contributed by atoms with Crippen LogP contribution in [0.2, 0.25) is 0 Å². The fourth-order valence-electron chi connectivity index (χ4n) is 3.74. The highest BCUT2D eigenvalue weighted by atomic mass is 32.2. The smallest absolute Gasteiger partial charge is 0.429 e. The lowest BCUT2D eigenvalue weighted by molar-refractivity contribution is -0.214. The maximum atomic E-state index is 12.5. The molecule has 1 heterocycles. The van der Waals surface area contributed by atoms with Gasteiger partial charge in [0.25, 0.3) is 0 Å². The third-order valence-electron chi connectivity index (χ3n) is 5.74. The number of rotatable bonds is 9. The van der Waals surface area contributed by atoms with E-state index in [1.807, 2.05) is 91.9 Å². The molecule has 3 aromatic rings. The molecule has 0 aliphatic carbocycles. The number of carbonyl (C=O) groups excluding carboxylic acids is 1. The zero-order valence-electron chi connectivity index (χ0n) is 19.9. The van der Waals surface area contributed by atoms with Crippen molar-refractivity contribution >= 4 is 17.9 Å². The van der Waals surface area contributed by atoms with Crippen molar-refractivity contribution in [2.45, 2.75) is 54.9 Å². The molecule has 2 N–H and O–H groups in total. The average molecular weight is 511 g/mol. The normalized spacial score (nSPS) is 23.7. The Balaban J connectivity index is 1.42. The molecule has 5 atom stereocenters. The molecule has 8 heteroatoms. The van der Waals surface area contributed by atoms with E-state index in [2.05, 4.69) is 0 Å². The minimum absolute atomic E-state index is 0.0254.